The van der Waals surface area contributed by atoms with Crippen molar-refractivity contribution in [3.05, 3.63) is 35.5 Å². The van der Waals surface area contributed by atoms with E-state index in [1.165, 1.54) is 16.8 Å². The molecule has 1 aliphatic heterocycles. The molecule has 2 aromatic rings. The molecule has 1 aromatic carbocycles. The fourth-order valence-electron chi connectivity index (χ4n) is 2.83. The van der Waals surface area contributed by atoms with E-state index in [-0.39, 0.29) is 17.7 Å². The highest BCUT2D eigenvalue weighted by Gasteiger charge is 2.29. The van der Waals surface area contributed by atoms with E-state index in [1.54, 1.807) is 12.1 Å². The van der Waals surface area contributed by atoms with E-state index < -0.39 is 10.0 Å². The predicted molar refractivity (Wildman–Crippen MR) is 94.7 cm³/mol. The molecule has 0 radical (unpaired) electrons. The summed E-state index contributed by atoms with van der Waals surface area (Å²) in [5.41, 5.74) is 1.49. The topological polar surface area (TPSA) is 92.5 Å². The molecule has 0 atom stereocenters. The van der Waals surface area contributed by atoms with Crippen LogP contribution in [0.25, 0.3) is 11.1 Å². The summed E-state index contributed by atoms with van der Waals surface area (Å²) >= 11 is 5.89. The highest BCUT2D eigenvalue weighted by atomic mass is 35.5. The molecule has 1 amide bonds. The maximum absolute atomic E-state index is 12.5. The normalized spacial score (nSPS) is 16.7. The molecule has 1 N–H and O–H groups in total. The summed E-state index contributed by atoms with van der Waals surface area (Å²) in [5.74, 6) is -0.181. The van der Waals surface area contributed by atoms with Crippen molar-refractivity contribution >= 4 is 33.4 Å². The maximum atomic E-state index is 12.5. The van der Waals surface area contributed by atoms with Crippen LogP contribution in [0.2, 0.25) is 5.02 Å². The van der Waals surface area contributed by atoms with Crippen LogP contribution in [-0.4, -0.2) is 43.1 Å². The molecule has 0 saturated carbocycles. The fraction of sp³-hybridized carbons (Fsp3) is 0.375. The van der Waals surface area contributed by atoms with Crippen molar-refractivity contribution in [2.75, 3.05) is 24.7 Å². The summed E-state index contributed by atoms with van der Waals surface area (Å²) in [5, 5.41) is 7.13. The number of halogens is 1. The highest BCUT2D eigenvalue weighted by Crippen LogP contribution is 2.30. The van der Waals surface area contributed by atoms with Gasteiger partial charge in [0, 0.05) is 24.0 Å². The lowest BCUT2D eigenvalue weighted by Gasteiger charge is -2.29. The van der Waals surface area contributed by atoms with Gasteiger partial charge in [-0.3, -0.25) is 10.1 Å². The van der Waals surface area contributed by atoms with Gasteiger partial charge in [-0.15, -0.1) is 0 Å². The molecule has 0 spiro atoms. The van der Waals surface area contributed by atoms with Gasteiger partial charge in [0.2, 0.25) is 21.8 Å². The third-order valence-corrected chi connectivity index (χ3v) is 5.81. The number of aromatic nitrogens is 1. The Balaban J connectivity index is 1.67. The van der Waals surface area contributed by atoms with Gasteiger partial charge in [0.1, 0.15) is 0 Å². The van der Waals surface area contributed by atoms with E-state index in [1.807, 2.05) is 12.1 Å². The van der Waals surface area contributed by atoms with E-state index in [9.17, 15) is 13.2 Å². The van der Waals surface area contributed by atoms with Crippen LogP contribution in [0.3, 0.4) is 0 Å². The van der Waals surface area contributed by atoms with Gasteiger partial charge in [-0.25, -0.2) is 12.7 Å². The van der Waals surface area contributed by atoms with Gasteiger partial charge in [-0.2, -0.15) is 0 Å². The Morgan fingerprint density at radius 2 is 1.92 bits per heavy atom. The summed E-state index contributed by atoms with van der Waals surface area (Å²) in [6.45, 7) is 0.689. The van der Waals surface area contributed by atoms with Crippen molar-refractivity contribution in [1.82, 2.24) is 9.46 Å². The first kappa shape index (κ1) is 17.9. The first-order valence-corrected chi connectivity index (χ1v) is 10.0. The van der Waals surface area contributed by atoms with Gasteiger partial charge in [-0.05, 0) is 30.5 Å². The molecule has 2 heterocycles. The van der Waals surface area contributed by atoms with Crippen molar-refractivity contribution in [3.63, 3.8) is 0 Å². The highest BCUT2D eigenvalue weighted by molar-refractivity contribution is 7.88. The van der Waals surface area contributed by atoms with Crippen LogP contribution in [0.15, 0.2) is 35.0 Å². The monoisotopic (exact) mass is 383 g/mol. The standard InChI is InChI=1S/C16H18ClN3O4S/c1-25(22,23)20-8-6-12(7-9-20)15(21)19-16-14(10-18-24-16)11-2-4-13(17)5-3-11/h2-5,10,12H,6-9H2,1H3,(H,19,21). The number of carbonyl (C=O) groups is 1. The number of nitrogens with zero attached hydrogens (tertiary/aromatic N) is 2. The quantitative estimate of drug-likeness (QED) is 0.875. The van der Waals surface area contributed by atoms with E-state index in [2.05, 4.69) is 10.5 Å². The largest absolute Gasteiger partial charge is 0.338 e. The summed E-state index contributed by atoms with van der Waals surface area (Å²) in [6, 6.07) is 7.12. The van der Waals surface area contributed by atoms with Crippen LogP contribution < -0.4 is 5.32 Å². The van der Waals surface area contributed by atoms with Gasteiger partial charge in [0.25, 0.3) is 0 Å². The van der Waals surface area contributed by atoms with Crippen molar-refractivity contribution < 1.29 is 17.7 Å². The number of sulfonamides is 1. The van der Waals surface area contributed by atoms with Gasteiger partial charge in [0.05, 0.1) is 18.0 Å². The average molecular weight is 384 g/mol. The zero-order valence-corrected chi connectivity index (χ0v) is 15.2. The summed E-state index contributed by atoms with van der Waals surface area (Å²) in [4.78, 5) is 12.5. The van der Waals surface area contributed by atoms with Crippen LogP contribution in [0.4, 0.5) is 5.88 Å². The maximum Gasteiger partial charge on any atom is 0.239 e. The summed E-state index contributed by atoms with van der Waals surface area (Å²) in [7, 11) is -3.21. The molecule has 1 fully saturated rings. The molecule has 1 aromatic heterocycles. The minimum absolute atomic E-state index is 0.194. The number of rotatable bonds is 4. The Kier molecular flexibility index (Phi) is 5.12. The van der Waals surface area contributed by atoms with Crippen LogP contribution in [0, 0.1) is 5.92 Å². The van der Waals surface area contributed by atoms with Crippen LogP contribution in [0.5, 0.6) is 0 Å². The summed E-state index contributed by atoms with van der Waals surface area (Å²) < 4.78 is 29.6. The minimum atomic E-state index is -3.21. The predicted octanol–water partition coefficient (Wildman–Crippen LogP) is 2.61. The first-order valence-electron chi connectivity index (χ1n) is 7.81. The molecule has 3 rings (SSSR count). The number of hydrogen-bond acceptors (Lipinski definition) is 5. The van der Waals surface area contributed by atoms with E-state index in [4.69, 9.17) is 16.1 Å². The van der Waals surface area contributed by atoms with Crippen molar-refractivity contribution in [1.29, 1.82) is 0 Å². The molecule has 7 nitrogen and oxygen atoms in total. The molecular weight excluding hydrogens is 366 g/mol. The van der Waals surface area contributed by atoms with Gasteiger partial charge in [-0.1, -0.05) is 28.9 Å². The molecule has 0 aliphatic carbocycles. The number of benzene rings is 1. The zero-order valence-electron chi connectivity index (χ0n) is 13.6. The second-order valence-corrected chi connectivity index (χ2v) is 8.42. The minimum Gasteiger partial charge on any atom is -0.338 e. The van der Waals surface area contributed by atoms with Gasteiger partial charge in [0.15, 0.2) is 0 Å². The van der Waals surface area contributed by atoms with Crippen molar-refractivity contribution in [2.24, 2.45) is 5.92 Å². The van der Waals surface area contributed by atoms with E-state index >= 15 is 0 Å². The zero-order chi connectivity index (χ0) is 18.0. The Hall–Kier alpha value is -1.90. The lowest BCUT2D eigenvalue weighted by molar-refractivity contribution is -0.121. The van der Waals surface area contributed by atoms with Gasteiger partial charge < -0.3 is 4.52 Å². The van der Waals surface area contributed by atoms with Crippen LogP contribution >= 0.6 is 11.6 Å². The Morgan fingerprint density at radius 1 is 1.28 bits per heavy atom. The molecule has 9 heteroatoms. The van der Waals surface area contributed by atoms with Crippen molar-refractivity contribution in [3.8, 4) is 11.1 Å². The lowest BCUT2D eigenvalue weighted by atomic mass is 9.97. The molecule has 1 saturated heterocycles. The third-order valence-electron chi connectivity index (χ3n) is 4.26. The smallest absolute Gasteiger partial charge is 0.239 e. The third kappa shape index (κ3) is 4.20. The molecule has 0 unspecified atom stereocenters. The summed E-state index contributed by atoms with van der Waals surface area (Å²) in [6.07, 6.45) is 3.66. The Morgan fingerprint density at radius 3 is 2.52 bits per heavy atom. The molecule has 25 heavy (non-hydrogen) atoms. The fourth-order valence-corrected chi connectivity index (χ4v) is 3.83. The second-order valence-electron chi connectivity index (χ2n) is 6.00. The van der Waals surface area contributed by atoms with E-state index in [0.717, 1.165) is 5.56 Å². The molecule has 0 bridgehead atoms. The van der Waals surface area contributed by atoms with Crippen molar-refractivity contribution in [2.45, 2.75) is 12.8 Å². The number of piperidine rings is 1. The molecule has 1 aliphatic rings. The molecule has 134 valence electrons. The Labute approximate surface area is 151 Å². The SMILES string of the molecule is CS(=O)(=O)N1CCC(C(=O)Nc2oncc2-c2ccc(Cl)cc2)CC1. The second kappa shape index (κ2) is 7.15. The number of anilines is 1. The van der Waals surface area contributed by atoms with Crippen LogP contribution in [-0.2, 0) is 14.8 Å². The average Bonchev–Trinajstić information content (AvgIpc) is 3.03. The number of carbonyl (C=O) groups excluding carboxylic acids is 1. The lowest BCUT2D eigenvalue weighted by Crippen LogP contribution is -2.40. The van der Waals surface area contributed by atoms with E-state index in [0.29, 0.717) is 36.5 Å². The van der Waals surface area contributed by atoms with Crippen LogP contribution in [0.1, 0.15) is 12.8 Å². The molecular formula is C16H18ClN3O4S. The first-order chi connectivity index (χ1) is 11.8. The number of amides is 1. The number of hydrogen-bond donors (Lipinski definition) is 1. The number of nitrogens with one attached hydrogen (secondary N) is 1. The Bertz CT molecular complexity index is 856. The van der Waals surface area contributed by atoms with Gasteiger partial charge >= 0.3 is 0 Å².